The zero-order chi connectivity index (χ0) is 10.8. The number of aromatic nitrogens is 3. The van der Waals surface area contributed by atoms with Crippen LogP contribution in [-0.4, -0.2) is 21.8 Å². The van der Waals surface area contributed by atoms with Gasteiger partial charge >= 0.3 is 0 Å². The molecule has 2 aromatic heterocycles. The van der Waals surface area contributed by atoms with Gasteiger partial charge in [-0.1, -0.05) is 0 Å². The van der Waals surface area contributed by atoms with E-state index in [1.807, 2.05) is 25.7 Å². The molecule has 0 aliphatic carbocycles. The molecule has 0 atom stereocenters. The van der Waals surface area contributed by atoms with Gasteiger partial charge in [-0.05, 0) is 14.0 Å². The van der Waals surface area contributed by atoms with E-state index < -0.39 is 0 Å². The van der Waals surface area contributed by atoms with Crippen molar-refractivity contribution in [2.24, 2.45) is 7.05 Å². The Bertz CT molecular complexity index is 458. The van der Waals surface area contributed by atoms with Crippen molar-refractivity contribution in [2.75, 3.05) is 7.05 Å². The van der Waals surface area contributed by atoms with Gasteiger partial charge in [-0.25, -0.2) is 4.98 Å². The number of nitrogens with one attached hydrogen (secondary N) is 1. The number of aryl methyl sites for hydroxylation is 1. The minimum atomic E-state index is 0.638. The molecule has 0 amide bonds. The van der Waals surface area contributed by atoms with Gasteiger partial charge < -0.3 is 9.73 Å². The van der Waals surface area contributed by atoms with Gasteiger partial charge in [0.25, 0.3) is 0 Å². The number of nitrogens with zero attached hydrogens (tertiary/aromatic N) is 3. The van der Waals surface area contributed by atoms with E-state index in [1.54, 1.807) is 12.4 Å². The highest BCUT2D eigenvalue weighted by atomic mass is 16.4. The van der Waals surface area contributed by atoms with Gasteiger partial charge in [0.05, 0.1) is 24.5 Å². The normalized spacial score (nSPS) is 10.9. The van der Waals surface area contributed by atoms with Crippen LogP contribution in [0.5, 0.6) is 0 Å². The van der Waals surface area contributed by atoms with E-state index in [-0.39, 0.29) is 0 Å². The summed E-state index contributed by atoms with van der Waals surface area (Å²) in [4.78, 5) is 4.17. The summed E-state index contributed by atoms with van der Waals surface area (Å²) in [5.74, 6) is 1.46. The predicted molar refractivity (Wildman–Crippen MR) is 56.2 cm³/mol. The number of hydrogen-bond donors (Lipinski definition) is 1. The molecular formula is C10H14N4O. The molecule has 2 rings (SSSR count). The molecule has 2 heterocycles. The summed E-state index contributed by atoms with van der Waals surface area (Å²) in [6.07, 6.45) is 3.52. The fourth-order valence-corrected chi connectivity index (χ4v) is 1.41. The molecule has 0 spiro atoms. The highest BCUT2D eigenvalue weighted by Crippen LogP contribution is 2.23. The van der Waals surface area contributed by atoms with Crippen LogP contribution in [0.15, 0.2) is 16.8 Å². The molecule has 0 aromatic carbocycles. The number of hydrogen-bond acceptors (Lipinski definition) is 4. The van der Waals surface area contributed by atoms with Crippen LogP contribution in [0.2, 0.25) is 0 Å². The Morgan fingerprint density at radius 3 is 2.87 bits per heavy atom. The lowest BCUT2D eigenvalue weighted by Crippen LogP contribution is -2.04. The fraction of sp³-hybridized carbons (Fsp3) is 0.400. The Labute approximate surface area is 88.1 Å². The topological polar surface area (TPSA) is 55.9 Å². The van der Waals surface area contributed by atoms with Crippen molar-refractivity contribution in [3.05, 3.63) is 24.0 Å². The lowest BCUT2D eigenvalue weighted by Gasteiger charge is -1.95. The molecule has 1 N–H and O–H groups in total. The van der Waals surface area contributed by atoms with Gasteiger partial charge in [0.15, 0.2) is 5.76 Å². The van der Waals surface area contributed by atoms with E-state index in [1.165, 1.54) is 0 Å². The molecule has 0 bridgehead atoms. The smallest absolute Gasteiger partial charge is 0.208 e. The van der Waals surface area contributed by atoms with Gasteiger partial charge in [-0.3, -0.25) is 4.68 Å². The molecule has 5 heteroatoms. The van der Waals surface area contributed by atoms with Crippen molar-refractivity contribution in [3.63, 3.8) is 0 Å². The second kappa shape index (κ2) is 3.86. The first kappa shape index (κ1) is 9.92. The van der Waals surface area contributed by atoms with Crippen LogP contribution < -0.4 is 5.32 Å². The average molecular weight is 206 g/mol. The van der Waals surface area contributed by atoms with Crippen LogP contribution in [0.25, 0.3) is 11.3 Å². The van der Waals surface area contributed by atoms with E-state index in [0.29, 0.717) is 12.4 Å². The summed E-state index contributed by atoms with van der Waals surface area (Å²) in [5.41, 5.74) is 2.06. The zero-order valence-corrected chi connectivity index (χ0v) is 9.11. The molecule has 2 aromatic rings. The third-order valence-electron chi connectivity index (χ3n) is 2.38. The quantitative estimate of drug-likeness (QED) is 0.817. The molecule has 80 valence electrons. The van der Waals surface area contributed by atoms with Crippen LogP contribution in [0, 0.1) is 6.92 Å². The lowest BCUT2D eigenvalue weighted by atomic mass is 10.2. The third-order valence-corrected chi connectivity index (χ3v) is 2.38. The first-order valence-electron chi connectivity index (χ1n) is 4.80. The van der Waals surface area contributed by atoms with Gasteiger partial charge in [0.1, 0.15) is 0 Å². The molecule has 0 saturated carbocycles. The van der Waals surface area contributed by atoms with Gasteiger partial charge in [0, 0.05) is 12.7 Å². The Balaban J connectivity index is 2.33. The van der Waals surface area contributed by atoms with Crippen LogP contribution in [0.4, 0.5) is 0 Å². The van der Waals surface area contributed by atoms with E-state index >= 15 is 0 Å². The maximum atomic E-state index is 5.58. The zero-order valence-electron chi connectivity index (χ0n) is 9.11. The maximum absolute atomic E-state index is 5.58. The second-order valence-corrected chi connectivity index (χ2v) is 3.42. The average Bonchev–Trinajstić information content (AvgIpc) is 2.77. The Morgan fingerprint density at radius 1 is 1.47 bits per heavy atom. The summed E-state index contributed by atoms with van der Waals surface area (Å²) in [5, 5.41) is 7.15. The van der Waals surface area contributed by atoms with E-state index in [9.17, 15) is 0 Å². The molecule has 0 radical (unpaired) electrons. The summed E-state index contributed by atoms with van der Waals surface area (Å²) >= 11 is 0. The van der Waals surface area contributed by atoms with Crippen LogP contribution in [0.3, 0.4) is 0 Å². The van der Waals surface area contributed by atoms with Gasteiger partial charge in [-0.15, -0.1) is 0 Å². The van der Waals surface area contributed by atoms with Crippen molar-refractivity contribution in [1.82, 2.24) is 20.1 Å². The van der Waals surface area contributed by atoms with Crippen molar-refractivity contribution in [3.8, 4) is 11.3 Å². The summed E-state index contributed by atoms with van der Waals surface area (Å²) in [7, 11) is 3.77. The molecule has 0 unspecified atom stereocenters. The van der Waals surface area contributed by atoms with Crippen molar-refractivity contribution in [1.29, 1.82) is 0 Å². The Kier molecular flexibility index (Phi) is 2.55. The molecule has 5 nitrogen and oxygen atoms in total. The summed E-state index contributed by atoms with van der Waals surface area (Å²) in [6.45, 7) is 2.64. The van der Waals surface area contributed by atoms with E-state index in [2.05, 4.69) is 15.4 Å². The van der Waals surface area contributed by atoms with E-state index in [4.69, 9.17) is 4.42 Å². The molecule has 0 saturated heterocycles. The Morgan fingerprint density at radius 2 is 2.27 bits per heavy atom. The third kappa shape index (κ3) is 1.78. The van der Waals surface area contributed by atoms with Crippen LogP contribution >= 0.6 is 0 Å². The minimum absolute atomic E-state index is 0.638. The maximum Gasteiger partial charge on any atom is 0.208 e. The SMILES string of the molecule is CNCc1ncc(-c2cnn(C)c2C)o1. The van der Waals surface area contributed by atoms with Crippen molar-refractivity contribution < 1.29 is 4.42 Å². The lowest BCUT2D eigenvalue weighted by molar-refractivity contribution is 0.490. The predicted octanol–water partition coefficient (Wildman–Crippen LogP) is 1.10. The number of oxazole rings is 1. The highest BCUT2D eigenvalue weighted by molar-refractivity contribution is 5.58. The fourth-order valence-electron chi connectivity index (χ4n) is 1.41. The largest absolute Gasteiger partial charge is 0.439 e. The Hall–Kier alpha value is -1.62. The summed E-state index contributed by atoms with van der Waals surface area (Å²) in [6, 6.07) is 0. The molecule has 0 aliphatic heterocycles. The molecular weight excluding hydrogens is 192 g/mol. The number of rotatable bonds is 3. The first-order valence-corrected chi connectivity index (χ1v) is 4.80. The van der Waals surface area contributed by atoms with Crippen molar-refractivity contribution >= 4 is 0 Å². The monoisotopic (exact) mass is 206 g/mol. The van der Waals surface area contributed by atoms with Crippen LogP contribution in [-0.2, 0) is 13.6 Å². The first-order chi connectivity index (χ1) is 7.22. The summed E-state index contributed by atoms with van der Waals surface area (Å²) < 4.78 is 7.39. The van der Waals surface area contributed by atoms with Crippen molar-refractivity contribution in [2.45, 2.75) is 13.5 Å². The molecule has 15 heavy (non-hydrogen) atoms. The van der Waals surface area contributed by atoms with Gasteiger partial charge in [-0.2, -0.15) is 5.10 Å². The van der Waals surface area contributed by atoms with E-state index in [0.717, 1.165) is 17.0 Å². The van der Waals surface area contributed by atoms with Crippen LogP contribution in [0.1, 0.15) is 11.6 Å². The molecule has 0 aliphatic rings. The highest BCUT2D eigenvalue weighted by Gasteiger charge is 2.11. The standard InChI is InChI=1S/C10H14N4O/c1-7-8(4-13-14(7)3)9-5-12-10(15-9)6-11-2/h4-5,11H,6H2,1-3H3. The molecule has 0 fully saturated rings. The second-order valence-electron chi connectivity index (χ2n) is 3.42. The van der Waals surface area contributed by atoms with Gasteiger partial charge in [0.2, 0.25) is 5.89 Å². The minimum Gasteiger partial charge on any atom is -0.439 e.